The Labute approximate surface area is 155 Å². The van der Waals surface area contributed by atoms with Crippen LogP contribution in [0.1, 0.15) is 16.1 Å². The Bertz CT molecular complexity index is 1120. The first-order valence-electron chi connectivity index (χ1n) is 7.60. The van der Waals surface area contributed by atoms with E-state index in [1.165, 1.54) is 24.5 Å². The van der Waals surface area contributed by atoms with Gasteiger partial charge < -0.3 is 14.3 Å². The zero-order chi connectivity index (χ0) is 18.3. The van der Waals surface area contributed by atoms with E-state index in [9.17, 15) is 9.18 Å². The van der Waals surface area contributed by atoms with Gasteiger partial charge in [0.2, 0.25) is 0 Å². The topological polar surface area (TPSA) is 81.2 Å². The van der Waals surface area contributed by atoms with E-state index in [1.54, 1.807) is 25.1 Å². The first-order chi connectivity index (χ1) is 12.5. The number of aryl methyl sites for hydroxylation is 1. The summed E-state index contributed by atoms with van der Waals surface area (Å²) in [6, 6.07) is 9.08. The Morgan fingerprint density at radius 3 is 2.85 bits per heavy atom. The summed E-state index contributed by atoms with van der Waals surface area (Å²) in [5.41, 5.74) is 2.00. The average molecular weight is 416 g/mol. The molecule has 0 spiro atoms. The third kappa shape index (κ3) is 2.88. The van der Waals surface area contributed by atoms with E-state index < -0.39 is 11.7 Å². The van der Waals surface area contributed by atoms with E-state index in [-0.39, 0.29) is 5.71 Å². The second-order valence-electron chi connectivity index (χ2n) is 5.56. The van der Waals surface area contributed by atoms with Gasteiger partial charge in [0, 0.05) is 4.47 Å². The minimum Gasteiger partial charge on any atom is -0.463 e. The van der Waals surface area contributed by atoms with E-state index in [4.69, 9.17) is 8.94 Å². The molecule has 0 saturated carbocycles. The first kappa shape index (κ1) is 16.5. The zero-order valence-corrected chi connectivity index (χ0v) is 15.0. The molecule has 8 heteroatoms. The lowest BCUT2D eigenvalue weighted by atomic mass is 10.1. The van der Waals surface area contributed by atoms with Crippen molar-refractivity contribution in [3.63, 3.8) is 0 Å². The van der Waals surface area contributed by atoms with Gasteiger partial charge in [0.1, 0.15) is 11.5 Å². The molecule has 0 aliphatic carbocycles. The second kappa shape index (κ2) is 6.38. The van der Waals surface area contributed by atoms with Gasteiger partial charge in [-0.05, 0) is 59.3 Å². The maximum absolute atomic E-state index is 13.3. The minimum absolute atomic E-state index is 0.236. The molecule has 4 aromatic rings. The molecule has 4 rings (SSSR count). The molecule has 3 heterocycles. The van der Waals surface area contributed by atoms with Crippen molar-refractivity contribution >= 4 is 38.6 Å². The molecule has 1 aromatic carbocycles. The molecule has 130 valence electrons. The van der Waals surface area contributed by atoms with Crippen LogP contribution in [-0.2, 0) is 0 Å². The fourth-order valence-electron chi connectivity index (χ4n) is 2.60. The molecule has 6 nitrogen and oxygen atoms in total. The quantitative estimate of drug-likeness (QED) is 0.512. The van der Waals surface area contributed by atoms with Gasteiger partial charge in [0.15, 0.2) is 5.76 Å². The third-order valence-corrected chi connectivity index (χ3v) is 4.47. The Morgan fingerprint density at radius 1 is 1.27 bits per heavy atom. The average Bonchev–Trinajstić information content (AvgIpc) is 3.27. The maximum Gasteiger partial charge on any atom is 0.259 e. The lowest BCUT2D eigenvalue weighted by molar-refractivity contribution is 0.102. The number of hydrogen-bond donors (Lipinski definition) is 1. The Hall–Kier alpha value is -3.00. The van der Waals surface area contributed by atoms with Gasteiger partial charge in [-0.25, -0.2) is 9.37 Å². The number of aromatic nitrogens is 2. The number of carbonyl (C=O) groups is 1. The van der Waals surface area contributed by atoms with E-state index in [2.05, 4.69) is 31.4 Å². The molecule has 0 aliphatic heterocycles. The highest BCUT2D eigenvalue weighted by Crippen LogP contribution is 2.29. The molecular formula is C18H11BrFN3O3. The fourth-order valence-corrected chi connectivity index (χ4v) is 3.05. The molecular weight excluding hydrogens is 405 g/mol. The zero-order valence-electron chi connectivity index (χ0n) is 13.4. The summed E-state index contributed by atoms with van der Waals surface area (Å²) in [6.45, 7) is 1.73. The summed E-state index contributed by atoms with van der Waals surface area (Å²) in [4.78, 5) is 17.2. The number of furan rings is 1. The summed E-state index contributed by atoms with van der Waals surface area (Å²) in [5, 5.41) is 7.16. The lowest BCUT2D eigenvalue weighted by Crippen LogP contribution is -2.13. The number of nitrogens with zero attached hydrogens (tertiary/aromatic N) is 2. The van der Waals surface area contributed by atoms with Crippen LogP contribution in [0.3, 0.4) is 0 Å². The third-order valence-electron chi connectivity index (χ3n) is 3.81. The van der Waals surface area contributed by atoms with Crippen molar-refractivity contribution in [2.75, 3.05) is 5.32 Å². The van der Waals surface area contributed by atoms with Crippen molar-refractivity contribution in [2.24, 2.45) is 0 Å². The highest BCUT2D eigenvalue weighted by Gasteiger charge is 2.20. The summed E-state index contributed by atoms with van der Waals surface area (Å²) in [6.07, 6.45) is 1.52. The standard InChI is InChI=1S/C18H11BrFN3O3/c1-9-16-11(17(24)21-13-5-4-10(20)7-12(13)19)8-14(15-3-2-6-25-15)22-18(16)26-23-9/h2-8H,1H3,(H,21,24). The number of hydrogen-bond acceptors (Lipinski definition) is 5. The molecule has 1 amide bonds. The van der Waals surface area contributed by atoms with Crippen molar-refractivity contribution < 1.29 is 18.1 Å². The van der Waals surface area contributed by atoms with Gasteiger partial charge in [-0.15, -0.1) is 0 Å². The van der Waals surface area contributed by atoms with Gasteiger partial charge >= 0.3 is 0 Å². The largest absolute Gasteiger partial charge is 0.463 e. The highest BCUT2D eigenvalue weighted by atomic mass is 79.9. The molecule has 0 unspecified atom stereocenters. The molecule has 1 N–H and O–H groups in total. The number of anilines is 1. The van der Waals surface area contributed by atoms with E-state index >= 15 is 0 Å². The van der Waals surface area contributed by atoms with Gasteiger partial charge in [-0.3, -0.25) is 4.79 Å². The summed E-state index contributed by atoms with van der Waals surface area (Å²) >= 11 is 3.24. The summed E-state index contributed by atoms with van der Waals surface area (Å²) < 4.78 is 24.3. The number of nitrogens with one attached hydrogen (secondary N) is 1. The molecule has 0 atom stereocenters. The van der Waals surface area contributed by atoms with Gasteiger partial charge in [-0.2, -0.15) is 0 Å². The van der Waals surface area contributed by atoms with Gasteiger partial charge in [0.25, 0.3) is 11.6 Å². The second-order valence-corrected chi connectivity index (χ2v) is 6.41. The first-order valence-corrected chi connectivity index (χ1v) is 8.39. The van der Waals surface area contributed by atoms with Crippen LogP contribution in [-0.4, -0.2) is 16.0 Å². The molecule has 0 saturated heterocycles. The minimum atomic E-state index is -0.406. The van der Waals surface area contributed by atoms with Crippen LogP contribution in [0.5, 0.6) is 0 Å². The Kier molecular flexibility index (Phi) is 4.04. The lowest BCUT2D eigenvalue weighted by Gasteiger charge is -2.09. The normalized spacial score (nSPS) is 11.0. The number of fused-ring (bicyclic) bond motifs is 1. The van der Waals surface area contributed by atoms with Gasteiger partial charge in [-0.1, -0.05) is 5.16 Å². The van der Waals surface area contributed by atoms with Crippen LogP contribution in [0.15, 0.2) is 56.1 Å². The van der Waals surface area contributed by atoms with Gasteiger partial charge in [0.05, 0.1) is 28.6 Å². The number of pyridine rings is 1. The predicted molar refractivity (Wildman–Crippen MR) is 96.3 cm³/mol. The van der Waals surface area contributed by atoms with Crippen molar-refractivity contribution in [3.05, 3.63) is 64.2 Å². The highest BCUT2D eigenvalue weighted by molar-refractivity contribution is 9.10. The van der Waals surface area contributed by atoms with E-state index in [0.29, 0.717) is 38.3 Å². The van der Waals surface area contributed by atoms with Crippen LogP contribution in [0, 0.1) is 12.7 Å². The van der Waals surface area contributed by atoms with Crippen molar-refractivity contribution in [1.29, 1.82) is 0 Å². The number of benzene rings is 1. The maximum atomic E-state index is 13.3. The fraction of sp³-hybridized carbons (Fsp3) is 0.0556. The van der Waals surface area contributed by atoms with Crippen LogP contribution in [0.4, 0.5) is 10.1 Å². The van der Waals surface area contributed by atoms with Crippen LogP contribution >= 0.6 is 15.9 Å². The van der Waals surface area contributed by atoms with Crippen molar-refractivity contribution in [3.8, 4) is 11.5 Å². The number of rotatable bonds is 3. The van der Waals surface area contributed by atoms with Crippen LogP contribution < -0.4 is 5.32 Å². The molecule has 0 bridgehead atoms. The molecule has 3 aromatic heterocycles. The molecule has 0 fully saturated rings. The summed E-state index contributed by atoms with van der Waals surface area (Å²) in [7, 11) is 0. The number of carbonyl (C=O) groups excluding carboxylic acids is 1. The van der Waals surface area contributed by atoms with Crippen molar-refractivity contribution in [2.45, 2.75) is 6.92 Å². The Morgan fingerprint density at radius 2 is 2.12 bits per heavy atom. The van der Waals surface area contributed by atoms with E-state index in [0.717, 1.165) is 0 Å². The molecule has 0 aliphatic rings. The SMILES string of the molecule is Cc1noc2nc(-c3ccco3)cc(C(=O)Nc3ccc(F)cc3Br)c12. The molecule has 0 radical (unpaired) electrons. The smallest absolute Gasteiger partial charge is 0.259 e. The summed E-state index contributed by atoms with van der Waals surface area (Å²) in [5.74, 6) is -0.307. The van der Waals surface area contributed by atoms with E-state index in [1.807, 2.05) is 0 Å². The Balaban J connectivity index is 1.81. The van der Waals surface area contributed by atoms with Crippen LogP contribution in [0.25, 0.3) is 22.6 Å². The monoisotopic (exact) mass is 415 g/mol. The molecule has 26 heavy (non-hydrogen) atoms. The van der Waals surface area contributed by atoms with Crippen molar-refractivity contribution in [1.82, 2.24) is 10.1 Å². The number of amides is 1. The number of halogens is 2. The predicted octanol–water partition coefficient (Wildman–Crippen LogP) is 4.95. The van der Waals surface area contributed by atoms with Crippen LogP contribution in [0.2, 0.25) is 0 Å².